The van der Waals surface area contributed by atoms with E-state index in [4.69, 9.17) is 23.7 Å². The van der Waals surface area contributed by atoms with Gasteiger partial charge < -0.3 is 80.3 Å². The van der Waals surface area contributed by atoms with Gasteiger partial charge in [0.25, 0.3) is 0 Å². The lowest BCUT2D eigenvalue weighted by atomic mass is 9.94. The van der Waals surface area contributed by atoms with Crippen molar-refractivity contribution in [1.82, 2.24) is 10.6 Å². The van der Waals surface area contributed by atoms with Gasteiger partial charge in [-0.3, -0.25) is 9.59 Å². The van der Waals surface area contributed by atoms with Gasteiger partial charge in [-0.25, -0.2) is 0 Å². The van der Waals surface area contributed by atoms with E-state index in [2.05, 4.69) is 10.6 Å². The molecule has 3 aliphatic heterocycles. The van der Waals surface area contributed by atoms with Crippen LogP contribution in [0.5, 0.6) is 0 Å². The van der Waals surface area contributed by atoms with Crippen LogP contribution in [0, 0.1) is 0 Å². The van der Waals surface area contributed by atoms with Crippen LogP contribution >= 0.6 is 0 Å². The third-order valence-electron chi connectivity index (χ3n) is 6.90. The Labute approximate surface area is 228 Å². The summed E-state index contributed by atoms with van der Waals surface area (Å²) >= 11 is 0. The Morgan fingerprint density at radius 3 is 1.57 bits per heavy atom. The van der Waals surface area contributed by atoms with E-state index < -0.39 is 124 Å². The lowest BCUT2D eigenvalue weighted by Gasteiger charge is -2.49. The van der Waals surface area contributed by atoms with E-state index in [1.54, 1.807) is 0 Å². The van der Waals surface area contributed by atoms with Gasteiger partial charge in [0.05, 0.1) is 19.8 Å². The fraction of sp³-hybridized carbons (Fsp3) is 0.909. The Hall–Kier alpha value is -1.62. The maximum atomic E-state index is 12.0. The molecule has 3 aliphatic rings. The molecule has 0 aromatic carbocycles. The molecule has 0 aromatic rings. The van der Waals surface area contributed by atoms with Gasteiger partial charge in [0, 0.05) is 13.8 Å². The minimum absolute atomic E-state index is 0.623. The fourth-order valence-corrected chi connectivity index (χ4v) is 4.87. The molecule has 0 spiro atoms. The molecule has 18 heteroatoms. The first-order valence-electron chi connectivity index (χ1n) is 12.6. The van der Waals surface area contributed by atoms with Crippen molar-refractivity contribution in [2.75, 3.05) is 19.8 Å². The van der Waals surface area contributed by atoms with Gasteiger partial charge in [0.1, 0.15) is 73.1 Å². The quantitative estimate of drug-likeness (QED) is 0.120. The van der Waals surface area contributed by atoms with Crippen LogP contribution in [-0.4, -0.2) is 170 Å². The number of rotatable bonds is 9. The second-order valence-electron chi connectivity index (χ2n) is 9.81. The number of amides is 2. The van der Waals surface area contributed by atoms with Crippen LogP contribution in [0.15, 0.2) is 0 Å². The zero-order chi connectivity index (χ0) is 29.9. The summed E-state index contributed by atoms with van der Waals surface area (Å²) in [7, 11) is 0. The number of aliphatic hydroxyl groups excluding tert-OH is 9. The topological polar surface area (TPSA) is 286 Å². The summed E-state index contributed by atoms with van der Waals surface area (Å²) in [5, 5.41) is 96.5. The summed E-state index contributed by atoms with van der Waals surface area (Å²) in [6.45, 7) is -0.117. The Kier molecular flexibility index (Phi) is 11.5. The molecule has 11 N–H and O–H groups in total. The number of carbonyl (C=O) groups is 2. The molecule has 232 valence electrons. The standard InChI is InChI=1S/C22H38N2O16/c1-6(28)23-11-14(31)18(9(4-26)36-20(11)35)39-21-12(24-7(2)29)15(32)19(10(5-27)38-21)40-22-17(34)16(33)13(30)8(3-25)37-22/h8-22,25-27,30-35H,3-5H2,1-2H3,(H,23,28)(H,24,29)/t8-,9-,10-,11-,12-,13+,14-,15-,16+,17-,18-,19-,20-,21+,22-/m1/s1. The highest BCUT2D eigenvalue weighted by Gasteiger charge is 2.54. The lowest BCUT2D eigenvalue weighted by Crippen LogP contribution is -2.70. The van der Waals surface area contributed by atoms with Crippen LogP contribution < -0.4 is 10.6 Å². The number of aliphatic hydroxyl groups is 9. The number of nitrogens with one attached hydrogen (secondary N) is 2. The summed E-state index contributed by atoms with van der Waals surface area (Å²) in [4.78, 5) is 23.5. The molecule has 0 aliphatic carbocycles. The first-order valence-corrected chi connectivity index (χ1v) is 12.6. The normalized spacial score (nSPS) is 46.0. The predicted octanol–water partition coefficient (Wildman–Crippen LogP) is -7.29. The number of ether oxygens (including phenoxy) is 5. The first-order chi connectivity index (χ1) is 18.8. The average molecular weight is 587 g/mol. The molecule has 0 bridgehead atoms. The van der Waals surface area contributed by atoms with E-state index in [1.807, 2.05) is 0 Å². The Morgan fingerprint density at radius 2 is 1.05 bits per heavy atom. The van der Waals surface area contributed by atoms with E-state index in [-0.39, 0.29) is 0 Å². The lowest BCUT2D eigenvalue weighted by molar-refractivity contribution is -0.360. The molecule has 0 saturated carbocycles. The number of hydrogen-bond donors (Lipinski definition) is 11. The zero-order valence-electron chi connectivity index (χ0n) is 21.7. The Balaban J connectivity index is 1.85. The van der Waals surface area contributed by atoms with Crippen LogP contribution in [-0.2, 0) is 33.3 Å². The fourth-order valence-electron chi connectivity index (χ4n) is 4.87. The van der Waals surface area contributed by atoms with E-state index in [1.165, 1.54) is 0 Å². The predicted molar refractivity (Wildman–Crippen MR) is 124 cm³/mol. The van der Waals surface area contributed by atoms with Crippen molar-refractivity contribution < 1.29 is 79.2 Å². The Morgan fingerprint density at radius 1 is 0.600 bits per heavy atom. The van der Waals surface area contributed by atoms with Crippen LogP contribution in [0.1, 0.15) is 13.8 Å². The van der Waals surface area contributed by atoms with Crippen LogP contribution in [0.2, 0.25) is 0 Å². The van der Waals surface area contributed by atoms with Crippen LogP contribution in [0.3, 0.4) is 0 Å². The molecule has 2 amide bonds. The van der Waals surface area contributed by atoms with Crippen molar-refractivity contribution in [3.8, 4) is 0 Å². The van der Waals surface area contributed by atoms with Gasteiger partial charge in [0.2, 0.25) is 11.8 Å². The van der Waals surface area contributed by atoms with Gasteiger partial charge in [-0.05, 0) is 0 Å². The average Bonchev–Trinajstić information content (AvgIpc) is 2.90. The third kappa shape index (κ3) is 7.05. The minimum atomic E-state index is -1.85. The maximum Gasteiger partial charge on any atom is 0.217 e. The van der Waals surface area contributed by atoms with Crippen molar-refractivity contribution >= 4 is 11.8 Å². The Bertz CT molecular complexity index is 852. The molecule has 3 rings (SSSR count). The second-order valence-corrected chi connectivity index (χ2v) is 9.81. The molecular formula is C22H38N2O16. The van der Waals surface area contributed by atoms with Gasteiger partial charge in [-0.1, -0.05) is 0 Å². The maximum absolute atomic E-state index is 12.0. The highest BCUT2D eigenvalue weighted by molar-refractivity contribution is 5.73. The SMILES string of the molecule is CC(=O)N[C@@H]1[C@@H](O)[C@H](O[C@@H]2O[C@H](CO)[C@@H](O[C@H]3O[C@H](CO)[C@H](O)[C@H](O)[C@H]3O)[C@H](O)[C@H]2NC(C)=O)[C@@H](CO)O[C@H]1O. The molecule has 3 saturated heterocycles. The molecule has 15 atom stereocenters. The van der Waals surface area contributed by atoms with Crippen molar-refractivity contribution in [3.05, 3.63) is 0 Å². The summed E-state index contributed by atoms with van der Waals surface area (Å²) in [6.07, 6.45) is -21.1. The summed E-state index contributed by atoms with van der Waals surface area (Å²) in [6, 6.07) is -2.87. The highest BCUT2D eigenvalue weighted by atomic mass is 16.7. The summed E-state index contributed by atoms with van der Waals surface area (Å²) in [5.74, 6) is -1.30. The van der Waals surface area contributed by atoms with E-state index >= 15 is 0 Å². The molecule has 0 radical (unpaired) electrons. The van der Waals surface area contributed by atoms with Gasteiger partial charge in [-0.15, -0.1) is 0 Å². The molecule has 0 aromatic heterocycles. The van der Waals surface area contributed by atoms with Crippen LogP contribution in [0.4, 0.5) is 0 Å². The van der Waals surface area contributed by atoms with Crippen LogP contribution in [0.25, 0.3) is 0 Å². The first kappa shape index (κ1) is 32.9. The molecular weight excluding hydrogens is 548 g/mol. The van der Waals surface area contributed by atoms with Gasteiger partial charge >= 0.3 is 0 Å². The smallest absolute Gasteiger partial charge is 0.217 e. The highest BCUT2D eigenvalue weighted by Crippen LogP contribution is 2.32. The summed E-state index contributed by atoms with van der Waals surface area (Å²) in [5.41, 5.74) is 0. The monoisotopic (exact) mass is 586 g/mol. The number of carbonyl (C=O) groups excluding carboxylic acids is 2. The zero-order valence-corrected chi connectivity index (χ0v) is 21.7. The van der Waals surface area contributed by atoms with Crippen molar-refractivity contribution in [3.63, 3.8) is 0 Å². The van der Waals surface area contributed by atoms with Crippen molar-refractivity contribution in [2.45, 2.75) is 106 Å². The number of hydrogen-bond acceptors (Lipinski definition) is 16. The third-order valence-corrected chi connectivity index (χ3v) is 6.90. The second kappa shape index (κ2) is 14.0. The van der Waals surface area contributed by atoms with Gasteiger partial charge in [-0.2, -0.15) is 0 Å². The van der Waals surface area contributed by atoms with Gasteiger partial charge in [0.15, 0.2) is 18.9 Å². The van der Waals surface area contributed by atoms with Crippen molar-refractivity contribution in [1.29, 1.82) is 0 Å². The van der Waals surface area contributed by atoms with E-state index in [0.717, 1.165) is 13.8 Å². The molecule has 40 heavy (non-hydrogen) atoms. The minimum Gasteiger partial charge on any atom is -0.394 e. The van der Waals surface area contributed by atoms with E-state index in [9.17, 15) is 55.5 Å². The summed E-state index contributed by atoms with van der Waals surface area (Å²) < 4.78 is 27.7. The molecule has 0 unspecified atom stereocenters. The molecule has 3 fully saturated rings. The van der Waals surface area contributed by atoms with Crippen molar-refractivity contribution in [2.24, 2.45) is 0 Å². The largest absolute Gasteiger partial charge is 0.394 e. The van der Waals surface area contributed by atoms with E-state index in [0.29, 0.717) is 0 Å². The molecule has 3 heterocycles. The molecule has 18 nitrogen and oxygen atoms in total.